The minimum atomic E-state index is -0.169. The van der Waals surface area contributed by atoms with Gasteiger partial charge in [-0.3, -0.25) is 0 Å². The van der Waals surface area contributed by atoms with Gasteiger partial charge in [0.2, 0.25) is 0 Å². The lowest BCUT2D eigenvalue weighted by atomic mass is 10.1. The number of benzene rings is 2. The van der Waals surface area contributed by atoms with Gasteiger partial charge in [0.25, 0.3) is 0 Å². The Morgan fingerprint density at radius 3 is 2.48 bits per heavy atom. The molecule has 110 valence electrons. The van der Waals surface area contributed by atoms with Crippen molar-refractivity contribution >= 4 is 5.69 Å². The number of nitrogens with one attached hydrogen (secondary N) is 2. The first-order chi connectivity index (χ1) is 10.3. The molecule has 0 bridgehead atoms. The van der Waals surface area contributed by atoms with Crippen molar-refractivity contribution in [1.29, 1.82) is 0 Å². The number of anilines is 1. The third-order valence-electron chi connectivity index (χ3n) is 3.97. The molecule has 0 spiro atoms. The fourth-order valence-corrected chi connectivity index (χ4v) is 2.76. The Labute approximate surface area is 125 Å². The average molecular weight is 284 g/mol. The first-order valence-corrected chi connectivity index (χ1v) is 7.62. The van der Waals surface area contributed by atoms with E-state index in [1.165, 1.54) is 34.5 Å². The number of halogens is 1. The van der Waals surface area contributed by atoms with Crippen LogP contribution in [-0.2, 0) is 19.3 Å². The molecule has 2 aromatic carbocycles. The van der Waals surface area contributed by atoms with E-state index in [1.54, 1.807) is 0 Å². The quantitative estimate of drug-likeness (QED) is 0.796. The van der Waals surface area contributed by atoms with E-state index in [0.717, 1.165) is 38.9 Å². The molecule has 1 aliphatic rings. The number of hydrogen-bond donors (Lipinski definition) is 2. The first-order valence-electron chi connectivity index (χ1n) is 7.62. The maximum Gasteiger partial charge on any atom is 0.123 e. The Bertz CT molecular complexity index is 593. The van der Waals surface area contributed by atoms with Gasteiger partial charge >= 0.3 is 0 Å². The van der Waals surface area contributed by atoms with Crippen LogP contribution >= 0.6 is 0 Å². The molecule has 21 heavy (non-hydrogen) atoms. The van der Waals surface area contributed by atoms with Crippen LogP contribution in [-0.4, -0.2) is 19.6 Å². The Morgan fingerprint density at radius 1 is 0.952 bits per heavy atom. The lowest BCUT2D eigenvalue weighted by molar-refractivity contribution is 0.626. The molecule has 2 N–H and O–H groups in total. The first kappa shape index (κ1) is 14.1. The van der Waals surface area contributed by atoms with Crippen molar-refractivity contribution in [3.05, 3.63) is 65.0 Å². The molecule has 0 saturated carbocycles. The molecule has 0 unspecified atom stereocenters. The van der Waals surface area contributed by atoms with Crippen LogP contribution in [0.2, 0.25) is 0 Å². The van der Waals surface area contributed by atoms with E-state index >= 15 is 0 Å². The van der Waals surface area contributed by atoms with E-state index in [4.69, 9.17) is 0 Å². The topological polar surface area (TPSA) is 24.1 Å². The molecule has 1 aliphatic heterocycles. The Kier molecular flexibility index (Phi) is 4.51. The van der Waals surface area contributed by atoms with Gasteiger partial charge in [-0.1, -0.05) is 24.3 Å². The molecule has 0 radical (unpaired) electrons. The summed E-state index contributed by atoms with van der Waals surface area (Å²) in [4.78, 5) is 0. The third kappa shape index (κ3) is 3.82. The van der Waals surface area contributed by atoms with Gasteiger partial charge in [0.1, 0.15) is 5.82 Å². The van der Waals surface area contributed by atoms with Gasteiger partial charge in [0, 0.05) is 12.2 Å². The molecule has 0 amide bonds. The van der Waals surface area contributed by atoms with Crippen molar-refractivity contribution in [3.63, 3.8) is 0 Å². The largest absolute Gasteiger partial charge is 0.384 e. The average Bonchev–Trinajstić information content (AvgIpc) is 2.96. The van der Waals surface area contributed by atoms with E-state index in [2.05, 4.69) is 28.8 Å². The fraction of sp³-hybridized carbons (Fsp3) is 0.333. The van der Waals surface area contributed by atoms with E-state index in [9.17, 15) is 4.39 Å². The predicted octanol–water partition coefficient (Wildman–Crippen LogP) is 3.17. The van der Waals surface area contributed by atoms with Crippen molar-refractivity contribution in [3.8, 4) is 0 Å². The molecular weight excluding hydrogens is 263 g/mol. The summed E-state index contributed by atoms with van der Waals surface area (Å²) in [6.45, 7) is 2.97. The number of rotatable bonds is 6. The Morgan fingerprint density at radius 2 is 1.67 bits per heavy atom. The van der Waals surface area contributed by atoms with Gasteiger partial charge in [-0.25, -0.2) is 4.39 Å². The lowest BCUT2D eigenvalue weighted by Gasteiger charge is -2.07. The van der Waals surface area contributed by atoms with Crippen molar-refractivity contribution in [2.45, 2.75) is 19.3 Å². The van der Waals surface area contributed by atoms with Crippen LogP contribution in [0, 0.1) is 5.82 Å². The van der Waals surface area contributed by atoms with Crippen LogP contribution in [0.5, 0.6) is 0 Å². The molecule has 2 nitrogen and oxygen atoms in total. The highest BCUT2D eigenvalue weighted by atomic mass is 19.1. The van der Waals surface area contributed by atoms with E-state index in [1.807, 2.05) is 12.1 Å². The van der Waals surface area contributed by atoms with Crippen LogP contribution < -0.4 is 10.6 Å². The molecule has 3 heteroatoms. The van der Waals surface area contributed by atoms with E-state index in [-0.39, 0.29) is 5.82 Å². The van der Waals surface area contributed by atoms with Crippen LogP contribution in [0.4, 0.5) is 10.1 Å². The van der Waals surface area contributed by atoms with Crippen LogP contribution in [0.15, 0.2) is 42.5 Å². The zero-order valence-corrected chi connectivity index (χ0v) is 12.2. The molecule has 0 fully saturated rings. The van der Waals surface area contributed by atoms with Crippen LogP contribution in [0.1, 0.15) is 16.7 Å². The smallest absolute Gasteiger partial charge is 0.123 e. The highest BCUT2D eigenvalue weighted by Crippen LogP contribution is 2.22. The third-order valence-corrected chi connectivity index (χ3v) is 3.97. The van der Waals surface area contributed by atoms with Crippen molar-refractivity contribution in [2.24, 2.45) is 0 Å². The van der Waals surface area contributed by atoms with Gasteiger partial charge in [-0.2, -0.15) is 0 Å². The summed E-state index contributed by atoms with van der Waals surface area (Å²) in [5.41, 5.74) is 5.31. The summed E-state index contributed by atoms with van der Waals surface area (Å²) in [7, 11) is 0. The monoisotopic (exact) mass is 284 g/mol. The van der Waals surface area contributed by atoms with Crippen molar-refractivity contribution < 1.29 is 4.39 Å². The molecule has 1 heterocycles. The highest BCUT2D eigenvalue weighted by molar-refractivity contribution is 5.56. The molecular formula is C18H21FN2. The maximum atomic E-state index is 12.8. The van der Waals surface area contributed by atoms with E-state index < -0.39 is 0 Å². The van der Waals surface area contributed by atoms with Gasteiger partial charge in [-0.15, -0.1) is 0 Å². The second-order valence-electron chi connectivity index (χ2n) is 5.54. The Balaban J connectivity index is 1.39. The highest BCUT2D eigenvalue weighted by Gasteiger charge is 2.09. The number of hydrogen-bond acceptors (Lipinski definition) is 2. The second kappa shape index (κ2) is 6.72. The molecule has 2 aromatic rings. The summed E-state index contributed by atoms with van der Waals surface area (Å²) in [6, 6.07) is 13.5. The predicted molar refractivity (Wildman–Crippen MR) is 85.3 cm³/mol. The second-order valence-corrected chi connectivity index (χ2v) is 5.54. The lowest BCUT2D eigenvalue weighted by Crippen LogP contribution is -2.20. The molecule has 0 atom stereocenters. The normalized spacial score (nSPS) is 13.0. The van der Waals surface area contributed by atoms with E-state index in [0.29, 0.717) is 0 Å². The maximum absolute atomic E-state index is 12.8. The summed E-state index contributed by atoms with van der Waals surface area (Å²) in [5.74, 6) is -0.169. The molecule has 3 rings (SSSR count). The van der Waals surface area contributed by atoms with Crippen LogP contribution in [0.25, 0.3) is 0 Å². The zero-order valence-electron chi connectivity index (χ0n) is 12.2. The molecule has 0 saturated heterocycles. The fourth-order valence-electron chi connectivity index (χ4n) is 2.76. The summed E-state index contributed by atoms with van der Waals surface area (Å²) in [5, 5.41) is 6.84. The number of fused-ring (bicyclic) bond motifs is 1. The van der Waals surface area contributed by atoms with Crippen molar-refractivity contribution in [1.82, 2.24) is 5.32 Å². The van der Waals surface area contributed by atoms with Crippen LogP contribution in [0.3, 0.4) is 0 Å². The van der Waals surface area contributed by atoms with Gasteiger partial charge in [0.05, 0.1) is 0 Å². The minimum Gasteiger partial charge on any atom is -0.384 e. The van der Waals surface area contributed by atoms with Gasteiger partial charge in [0.15, 0.2) is 0 Å². The summed E-state index contributed by atoms with van der Waals surface area (Å²) < 4.78 is 12.8. The molecule has 0 aromatic heterocycles. The SMILES string of the molecule is Fc1ccc(CCNCCc2ccc3c(c2)CCN3)cc1. The summed E-state index contributed by atoms with van der Waals surface area (Å²) in [6.07, 6.45) is 3.13. The van der Waals surface area contributed by atoms with Gasteiger partial charge < -0.3 is 10.6 Å². The standard InChI is InChI=1S/C18H21FN2/c19-17-4-1-14(2-5-17)7-10-20-11-8-15-3-6-18-16(13-15)9-12-21-18/h1-6,13,20-21H,7-12H2. The zero-order chi connectivity index (χ0) is 14.5. The Hall–Kier alpha value is -1.87. The van der Waals surface area contributed by atoms with Crippen molar-refractivity contribution in [2.75, 3.05) is 25.0 Å². The summed E-state index contributed by atoms with van der Waals surface area (Å²) >= 11 is 0. The molecule has 0 aliphatic carbocycles. The minimum absolute atomic E-state index is 0.169. The van der Waals surface area contributed by atoms with Gasteiger partial charge in [-0.05, 0) is 67.2 Å².